The van der Waals surface area contributed by atoms with Gasteiger partial charge in [-0.15, -0.1) is 0 Å². The Labute approximate surface area is 275 Å². The second kappa shape index (κ2) is 20.9. The number of carbonyl (C=O) groups is 6. The van der Waals surface area contributed by atoms with E-state index in [2.05, 4.69) is 21.3 Å². The summed E-state index contributed by atoms with van der Waals surface area (Å²) in [6.45, 7) is 6.27. The fourth-order valence-corrected chi connectivity index (χ4v) is 4.40. The van der Waals surface area contributed by atoms with Crippen LogP contribution in [0.4, 0.5) is 0 Å². The van der Waals surface area contributed by atoms with Gasteiger partial charge in [0, 0.05) is 13.3 Å². The topological polar surface area (TPSA) is 243 Å². The van der Waals surface area contributed by atoms with Crippen LogP contribution in [0.2, 0.25) is 0 Å². The molecule has 14 nitrogen and oxygen atoms in total. The lowest BCUT2D eigenvalue weighted by Crippen LogP contribution is -2.56. The highest BCUT2D eigenvalue weighted by molar-refractivity contribution is 5.94. The van der Waals surface area contributed by atoms with Crippen molar-refractivity contribution in [2.75, 3.05) is 6.54 Å². The molecule has 0 heterocycles. The molecule has 0 saturated carbocycles. The number of benzene rings is 2. The second-order valence-electron chi connectivity index (χ2n) is 11.5. The Balaban J connectivity index is 0.00000260. The molecule has 0 spiro atoms. The number of carboxylic acid groups (broad SMARTS) is 1. The van der Waals surface area contributed by atoms with Crippen LogP contribution >= 0.6 is 0 Å². The fourth-order valence-electron chi connectivity index (χ4n) is 4.40. The van der Waals surface area contributed by atoms with Gasteiger partial charge in [0.05, 0.1) is 12.6 Å². The predicted molar refractivity (Wildman–Crippen MR) is 176 cm³/mol. The van der Waals surface area contributed by atoms with Crippen molar-refractivity contribution in [2.45, 2.75) is 84.0 Å². The minimum absolute atomic E-state index is 0.0918. The quantitative estimate of drug-likeness (QED) is 0.118. The van der Waals surface area contributed by atoms with Gasteiger partial charge in [0.15, 0.2) is 0 Å². The zero-order chi connectivity index (χ0) is 35.5. The molecular formula is C33H48N6O8. The highest BCUT2D eigenvalue weighted by atomic mass is 16.4. The van der Waals surface area contributed by atoms with E-state index in [1.807, 2.05) is 26.8 Å². The minimum atomic E-state index is -1.04. The number of amides is 5. The summed E-state index contributed by atoms with van der Waals surface area (Å²) in [5.74, 6) is -3.63. The van der Waals surface area contributed by atoms with Crippen molar-refractivity contribution in [3.05, 3.63) is 65.7 Å². The maximum Gasteiger partial charge on any atom is 0.300 e. The number of nitrogens with one attached hydrogen (secondary N) is 4. The predicted octanol–water partition coefficient (Wildman–Crippen LogP) is 0.498. The molecule has 2 aromatic carbocycles. The zero-order valence-corrected chi connectivity index (χ0v) is 27.3. The molecule has 0 aliphatic rings. The first kappa shape index (κ1) is 40.0. The maximum absolute atomic E-state index is 13.2. The first-order chi connectivity index (χ1) is 22.1. The average Bonchev–Trinajstić information content (AvgIpc) is 3.00. The van der Waals surface area contributed by atoms with E-state index in [-0.39, 0.29) is 24.5 Å². The summed E-state index contributed by atoms with van der Waals surface area (Å²) in [7, 11) is 0. The van der Waals surface area contributed by atoms with Gasteiger partial charge in [-0.05, 0) is 48.4 Å². The lowest BCUT2D eigenvalue weighted by Gasteiger charge is -2.23. The van der Waals surface area contributed by atoms with Crippen LogP contribution in [0, 0.1) is 5.92 Å². The maximum atomic E-state index is 13.2. The first-order valence-electron chi connectivity index (χ1n) is 15.4. The number of hydrogen-bond acceptors (Lipinski definition) is 8. The van der Waals surface area contributed by atoms with Crippen LogP contribution < -0.4 is 32.7 Å². The van der Waals surface area contributed by atoms with Crippen LogP contribution in [0.3, 0.4) is 0 Å². The van der Waals surface area contributed by atoms with Crippen LogP contribution in [-0.4, -0.2) is 76.4 Å². The van der Waals surface area contributed by atoms with Crippen molar-refractivity contribution in [1.82, 2.24) is 21.3 Å². The largest absolute Gasteiger partial charge is 0.508 e. The molecule has 47 heavy (non-hydrogen) atoms. The first-order valence-corrected chi connectivity index (χ1v) is 15.4. The Morgan fingerprint density at radius 1 is 0.766 bits per heavy atom. The lowest BCUT2D eigenvalue weighted by atomic mass is 10.0. The number of aromatic hydroxyl groups is 1. The number of aliphatic carboxylic acids is 1. The highest BCUT2D eigenvalue weighted by Crippen LogP contribution is 2.11. The Kier molecular flexibility index (Phi) is 17.8. The van der Waals surface area contributed by atoms with E-state index in [1.54, 1.807) is 36.4 Å². The smallest absolute Gasteiger partial charge is 0.300 e. The summed E-state index contributed by atoms with van der Waals surface area (Å²) >= 11 is 0. The average molecular weight is 657 g/mol. The third-order valence-corrected chi connectivity index (χ3v) is 6.66. The molecule has 14 heteroatoms. The zero-order valence-electron chi connectivity index (χ0n) is 27.3. The van der Waals surface area contributed by atoms with E-state index in [0.29, 0.717) is 19.3 Å². The molecule has 2 rings (SSSR count). The fraction of sp³-hybridized carbons (Fsp3) is 0.455. The van der Waals surface area contributed by atoms with Crippen LogP contribution in [-0.2, 0) is 41.6 Å². The van der Waals surface area contributed by atoms with Crippen LogP contribution in [0.1, 0.15) is 58.1 Å². The monoisotopic (exact) mass is 656 g/mol. The van der Waals surface area contributed by atoms with Crippen molar-refractivity contribution < 1.29 is 39.0 Å². The molecule has 258 valence electrons. The molecule has 0 aliphatic carbocycles. The molecule has 0 bridgehead atoms. The molecule has 0 saturated heterocycles. The van der Waals surface area contributed by atoms with Crippen molar-refractivity contribution in [3.8, 4) is 5.75 Å². The van der Waals surface area contributed by atoms with Crippen molar-refractivity contribution in [1.29, 1.82) is 0 Å². The summed E-state index contributed by atoms with van der Waals surface area (Å²) in [6.07, 6.45) is 1.58. The molecule has 0 aliphatic heterocycles. The summed E-state index contributed by atoms with van der Waals surface area (Å²) in [4.78, 5) is 72.6. The minimum Gasteiger partial charge on any atom is -0.508 e. The van der Waals surface area contributed by atoms with Crippen LogP contribution in [0.25, 0.3) is 0 Å². The number of rotatable bonds is 17. The summed E-state index contributed by atoms with van der Waals surface area (Å²) in [6, 6.07) is 11.5. The summed E-state index contributed by atoms with van der Waals surface area (Å²) in [5, 5.41) is 27.3. The van der Waals surface area contributed by atoms with Crippen molar-refractivity contribution in [2.24, 2.45) is 17.4 Å². The molecule has 5 amide bonds. The van der Waals surface area contributed by atoms with Gasteiger partial charge >= 0.3 is 0 Å². The number of carboxylic acids is 1. The van der Waals surface area contributed by atoms with E-state index in [4.69, 9.17) is 21.4 Å². The molecule has 2 aromatic rings. The molecular weight excluding hydrogens is 608 g/mol. The van der Waals surface area contributed by atoms with E-state index >= 15 is 0 Å². The SMILES string of the molecule is CC(=O)O.CCC[C@@H](NC(=O)[C@@H](N)Cc1ccc(O)cc1)C(=O)NCC(=O)N[C@@H](Cc1ccccc1)C(=O)N[C@@H](CC(C)C)C(N)=O. The molecule has 0 fully saturated rings. The Hall–Kier alpha value is -4.98. The Morgan fingerprint density at radius 3 is 1.85 bits per heavy atom. The highest BCUT2D eigenvalue weighted by Gasteiger charge is 2.28. The van der Waals surface area contributed by atoms with Gasteiger partial charge in [-0.1, -0.05) is 69.7 Å². The van der Waals surface area contributed by atoms with E-state index in [9.17, 15) is 29.1 Å². The molecule has 10 N–H and O–H groups in total. The van der Waals surface area contributed by atoms with E-state index in [0.717, 1.165) is 18.1 Å². The van der Waals surface area contributed by atoms with E-state index in [1.165, 1.54) is 12.1 Å². The van der Waals surface area contributed by atoms with Gasteiger partial charge < -0.3 is 42.9 Å². The Bertz CT molecular complexity index is 1320. The van der Waals surface area contributed by atoms with E-state index < -0.39 is 66.2 Å². The summed E-state index contributed by atoms with van der Waals surface area (Å²) < 4.78 is 0. The molecule has 4 atom stereocenters. The van der Waals surface area contributed by atoms with Gasteiger partial charge in [-0.2, -0.15) is 0 Å². The third-order valence-electron chi connectivity index (χ3n) is 6.66. The van der Waals surface area contributed by atoms with Gasteiger partial charge in [-0.25, -0.2) is 0 Å². The van der Waals surface area contributed by atoms with Gasteiger partial charge in [0.25, 0.3) is 5.97 Å². The molecule has 0 radical (unpaired) electrons. The standard InChI is InChI=1S/C31H44N6O6.C2H4O2/c1-4-8-24(36-29(41)23(32)16-21-11-13-22(38)14-12-21)30(42)34-18-27(39)35-26(17-20-9-6-5-7-10-20)31(43)37-25(28(33)40)15-19(2)3;1-2(3)4/h5-7,9-14,19,23-26,38H,4,8,15-18,32H2,1-3H3,(H2,33,40)(H,34,42)(H,35,39)(H,36,41)(H,37,43);1H3,(H,3,4)/t23-,24+,25-,26-;/m0./s1. The number of phenolic OH excluding ortho intramolecular Hbond substituents is 1. The molecule has 0 aromatic heterocycles. The third kappa shape index (κ3) is 16.8. The van der Waals surface area contributed by atoms with Crippen molar-refractivity contribution in [3.63, 3.8) is 0 Å². The van der Waals surface area contributed by atoms with Crippen LogP contribution in [0.5, 0.6) is 5.75 Å². The number of primary amides is 1. The number of hydrogen-bond donors (Lipinski definition) is 8. The van der Waals surface area contributed by atoms with Gasteiger partial charge in [0.2, 0.25) is 29.5 Å². The van der Waals surface area contributed by atoms with Crippen molar-refractivity contribution >= 4 is 35.5 Å². The number of nitrogens with two attached hydrogens (primary N) is 2. The number of phenols is 1. The van der Waals surface area contributed by atoms with Gasteiger partial charge in [0.1, 0.15) is 23.9 Å². The van der Waals surface area contributed by atoms with Gasteiger partial charge in [-0.3, -0.25) is 28.8 Å². The van der Waals surface area contributed by atoms with Crippen LogP contribution in [0.15, 0.2) is 54.6 Å². The Morgan fingerprint density at radius 2 is 1.32 bits per heavy atom. The normalized spacial score (nSPS) is 13.1. The second-order valence-corrected chi connectivity index (χ2v) is 11.5. The summed E-state index contributed by atoms with van der Waals surface area (Å²) in [5.41, 5.74) is 13.0. The molecule has 0 unspecified atom stereocenters. The number of carbonyl (C=O) groups excluding carboxylic acids is 5. The lowest BCUT2D eigenvalue weighted by molar-refractivity contribution is -0.134.